The lowest BCUT2D eigenvalue weighted by Crippen LogP contribution is -2.03. The number of aromatic carboxylic acids is 1. The molecule has 98 valence electrons. The van der Waals surface area contributed by atoms with Crippen molar-refractivity contribution in [3.63, 3.8) is 0 Å². The van der Waals surface area contributed by atoms with E-state index in [0.29, 0.717) is 10.9 Å². The molecule has 2 aromatic heterocycles. The zero-order valence-electron chi connectivity index (χ0n) is 10.2. The number of pyridine rings is 1. The molecule has 1 N–H and O–H groups in total. The Morgan fingerprint density at radius 1 is 1.05 bits per heavy atom. The van der Waals surface area contributed by atoms with Crippen molar-refractivity contribution >= 4 is 16.9 Å². The van der Waals surface area contributed by atoms with Gasteiger partial charge in [-0.15, -0.1) is 0 Å². The number of ether oxygens (including phenoxy) is 1. The van der Waals surface area contributed by atoms with Crippen LogP contribution in [0.25, 0.3) is 10.9 Å². The normalized spacial score (nSPS) is 10.4. The number of para-hydroxylation sites is 1. The average molecular weight is 267 g/mol. The fraction of sp³-hybridized carbons (Fsp3) is 0. The van der Waals surface area contributed by atoms with Gasteiger partial charge in [-0.3, -0.25) is 4.98 Å². The average Bonchev–Trinajstić information content (AvgIpc) is 2.47. The van der Waals surface area contributed by atoms with Gasteiger partial charge in [-0.05, 0) is 12.1 Å². The van der Waals surface area contributed by atoms with Crippen LogP contribution >= 0.6 is 0 Å². The molecule has 0 spiro atoms. The van der Waals surface area contributed by atoms with Crippen LogP contribution in [-0.4, -0.2) is 26.0 Å². The van der Waals surface area contributed by atoms with Crippen molar-refractivity contribution in [3.05, 3.63) is 54.5 Å². The molecular formula is C14H9N3O3. The molecular weight excluding hydrogens is 258 g/mol. The summed E-state index contributed by atoms with van der Waals surface area (Å²) in [6, 6.07) is 8.69. The number of benzene rings is 1. The van der Waals surface area contributed by atoms with Crippen LogP contribution < -0.4 is 4.74 Å². The standard InChI is InChI=1S/C14H9N3O3/c18-13(19)12-9-4-1-2-5-10(9)17-8-11(12)20-14-15-6-3-7-16-14/h1-8H,(H,18,19). The molecule has 6 nitrogen and oxygen atoms in total. The number of fused-ring (bicyclic) bond motifs is 1. The van der Waals surface area contributed by atoms with Crippen molar-refractivity contribution < 1.29 is 14.6 Å². The number of nitrogens with zero attached hydrogens (tertiary/aromatic N) is 3. The molecule has 0 bridgehead atoms. The van der Waals surface area contributed by atoms with Gasteiger partial charge in [0.2, 0.25) is 0 Å². The minimum absolute atomic E-state index is 0.0445. The molecule has 0 radical (unpaired) electrons. The quantitative estimate of drug-likeness (QED) is 0.784. The van der Waals surface area contributed by atoms with Gasteiger partial charge in [0.25, 0.3) is 0 Å². The molecule has 20 heavy (non-hydrogen) atoms. The molecule has 0 aliphatic heterocycles. The maximum atomic E-state index is 11.5. The monoisotopic (exact) mass is 267 g/mol. The molecule has 3 rings (SSSR count). The molecule has 0 atom stereocenters. The zero-order valence-corrected chi connectivity index (χ0v) is 10.2. The fourth-order valence-corrected chi connectivity index (χ4v) is 1.86. The van der Waals surface area contributed by atoms with E-state index in [1.807, 2.05) is 0 Å². The molecule has 0 fully saturated rings. The summed E-state index contributed by atoms with van der Waals surface area (Å²) in [7, 11) is 0. The minimum Gasteiger partial charge on any atom is -0.478 e. The maximum Gasteiger partial charge on any atom is 0.340 e. The van der Waals surface area contributed by atoms with Gasteiger partial charge in [0.1, 0.15) is 5.56 Å². The Morgan fingerprint density at radius 3 is 2.55 bits per heavy atom. The van der Waals surface area contributed by atoms with Crippen molar-refractivity contribution in [1.29, 1.82) is 0 Å². The first-order chi connectivity index (χ1) is 9.75. The van der Waals surface area contributed by atoms with Crippen LogP contribution in [0.5, 0.6) is 11.8 Å². The SMILES string of the molecule is O=C(O)c1c(Oc2ncccn2)cnc2ccccc12. The third-order valence-corrected chi connectivity index (χ3v) is 2.70. The Kier molecular flexibility index (Phi) is 2.96. The summed E-state index contributed by atoms with van der Waals surface area (Å²) in [5.74, 6) is -0.975. The third-order valence-electron chi connectivity index (χ3n) is 2.70. The van der Waals surface area contributed by atoms with E-state index in [0.717, 1.165) is 0 Å². The minimum atomic E-state index is -1.09. The first-order valence-electron chi connectivity index (χ1n) is 5.81. The Labute approximate surface area is 113 Å². The largest absolute Gasteiger partial charge is 0.478 e. The van der Waals surface area contributed by atoms with Crippen LogP contribution in [0.4, 0.5) is 0 Å². The number of rotatable bonds is 3. The van der Waals surface area contributed by atoms with E-state index in [1.54, 1.807) is 30.3 Å². The molecule has 0 amide bonds. The van der Waals surface area contributed by atoms with Gasteiger partial charge in [0, 0.05) is 17.8 Å². The first-order valence-corrected chi connectivity index (χ1v) is 5.81. The fourth-order valence-electron chi connectivity index (χ4n) is 1.86. The van der Waals surface area contributed by atoms with Crippen molar-refractivity contribution in [2.75, 3.05) is 0 Å². The van der Waals surface area contributed by atoms with Crippen LogP contribution in [0, 0.1) is 0 Å². The van der Waals surface area contributed by atoms with E-state index in [1.165, 1.54) is 18.6 Å². The van der Waals surface area contributed by atoms with E-state index in [9.17, 15) is 9.90 Å². The second-order valence-electron chi connectivity index (χ2n) is 3.95. The van der Waals surface area contributed by atoms with Crippen LogP contribution in [0.15, 0.2) is 48.9 Å². The second kappa shape index (κ2) is 4.93. The molecule has 6 heteroatoms. The van der Waals surface area contributed by atoms with Gasteiger partial charge < -0.3 is 9.84 Å². The smallest absolute Gasteiger partial charge is 0.340 e. The van der Waals surface area contributed by atoms with Crippen LogP contribution in [0.1, 0.15) is 10.4 Å². The Bertz CT molecular complexity index is 775. The van der Waals surface area contributed by atoms with Crippen molar-refractivity contribution in [1.82, 2.24) is 15.0 Å². The van der Waals surface area contributed by atoms with Gasteiger partial charge in [-0.2, -0.15) is 0 Å². The van der Waals surface area contributed by atoms with E-state index in [-0.39, 0.29) is 17.3 Å². The highest BCUT2D eigenvalue weighted by molar-refractivity contribution is 6.04. The van der Waals surface area contributed by atoms with Crippen LogP contribution in [-0.2, 0) is 0 Å². The summed E-state index contributed by atoms with van der Waals surface area (Å²) in [6.45, 7) is 0. The predicted molar refractivity (Wildman–Crippen MR) is 70.8 cm³/mol. The third kappa shape index (κ3) is 2.14. The van der Waals surface area contributed by atoms with Crippen molar-refractivity contribution in [3.8, 4) is 11.8 Å². The van der Waals surface area contributed by atoms with Crippen molar-refractivity contribution in [2.45, 2.75) is 0 Å². The summed E-state index contributed by atoms with van der Waals surface area (Å²) in [6.07, 6.45) is 4.39. The lowest BCUT2D eigenvalue weighted by Gasteiger charge is -2.08. The van der Waals surface area contributed by atoms with Crippen LogP contribution in [0.3, 0.4) is 0 Å². The molecule has 0 aliphatic rings. The Balaban J connectivity index is 2.15. The Morgan fingerprint density at radius 2 is 1.80 bits per heavy atom. The maximum absolute atomic E-state index is 11.5. The highest BCUT2D eigenvalue weighted by Gasteiger charge is 2.17. The predicted octanol–water partition coefficient (Wildman–Crippen LogP) is 2.52. The van der Waals surface area contributed by atoms with Crippen molar-refractivity contribution in [2.24, 2.45) is 0 Å². The lowest BCUT2D eigenvalue weighted by atomic mass is 10.1. The molecule has 0 aliphatic carbocycles. The lowest BCUT2D eigenvalue weighted by molar-refractivity contribution is 0.0696. The van der Waals surface area contributed by atoms with E-state index >= 15 is 0 Å². The summed E-state index contributed by atoms with van der Waals surface area (Å²) in [5, 5.41) is 9.90. The number of aromatic nitrogens is 3. The van der Waals surface area contributed by atoms with Gasteiger partial charge >= 0.3 is 12.0 Å². The van der Waals surface area contributed by atoms with E-state index < -0.39 is 5.97 Å². The molecule has 0 saturated carbocycles. The summed E-state index contributed by atoms with van der Waals surface area (Å²) < 4.78 is 5.41. The van der Waals surface area contributed by atoms with Gasteiger partial charge in [-0.1, -0.05) is 18.2 Å². The van der Waals surface area contributed by atoms with E-state index in [4.69, 9.17) is 4.74 Å². The summed E-state index contributed by atoms with van der Waals surface area (Å²) in [5.41, 5.74) is 0.634. The zero-order chi connectivity index (χ0) is 13.9. The molecule has 0 saturated heterocycles. The number of carbonyl (C=O) groups is 1. The molecule has 0 unspecified atom stereocenters. The number of carboxylic acid groups (broad SMARTS) is 1. The molecule has 3 aromatic rings. The van der Waals surface area contributed by atoms with Crippen LogP contribution in [0.2, 0.25) is 0 Å². The van der Waals surface area contributed by atoms with Gasteiger partial charge in [0.05, 0.1) is 11.7 Å². The summed E-state index contributed by atoms with van der Waals surface area (Å²) >= 11 is 0. The topological polar surface area (TPSA) is 85.2 Å². The molecule has 2 heterocycles. The molecule has 1 aromatic carbocycles. The number of hydrogen-bond donors (Lipinski definition) is 1. The van der Waals surface area contributed by atoms with Gasteiger partial charge in [-0.25, -0.2) is 14.8 Å². The Hall–Kier alpha value is -3.02. The van der Waals surface area contributed by atoms with Gasteiger partial charge in [0.15, 0.2) is 5.75 Å². The number of carboxylic acids is 1. The van der Waals surface area contributed by atoms with E-state index in [2.05, 4.69) is 15.0 Å². The number of hydrogen-bond acceptors (Lipinski definition) is 5. The second-order valence-corrected chi connectivity index (χ2v) is 3.95. The summed E-state index contributed by atoms with van der Waals surface area (Å²) in [4.78, 5) is 23.5. The highest BCUT2D eigenvalue weighted by atomic mass is 16.5. The highest BCUT2D eigenvalue weighted by Crippen LogP contribution is 2.28. The first kappa shape index (κ1) is 12.0.